The van der Waals surface area contributed by atoms with Crippen molar-refractivity contribution >= 4 is 52.2 Å². The lowest BCUT2D eigenvalue weighted by molar-refractivity contribution is -0.122. The van der Waals surface area contributed by atoms with E-state index in [1.807, 2.05) is 62.4 Å². The van der Waals surface area contributed by atoms with Gasteiger partial charge in [-0.25, -0.2) is 0 Å². The van der Waals surface area contributed by atoms with Crippen molar-refractivity contribution in [3.05, 3.63) is 82.6 Å². The van der Waals surface area contributed by atoms with Gasteiger partial charge in [0.2, 0.25) is 11.8 Å². The zero-order chi connectivity index (χ0) is 23.4. The fraction of sp³-hybridized carbons (Fsp3) is 0.167. The molecule has 1 aliphatic heterocycles. The van der Waals surface area contributed by atoms with Gasteiger partial charge in [-0.3, -0.25) is 9.59 Å². The second-order valence-electron chi connectivity index (χ2n) is 7.51. The molecule has 168 valence electrons. The maximum absolute atomic E-state index is 12.2. The second-order valence-corrected chi connectivity index (χ2v) is 9.13. The van der Waals surface area contributed by atoms with Gasteiger partial charge in [-0.15, -0.1) is 5.10 Å². The van der Waals surface area contributed by atoms with E-state index in [1.54, 1.807) is 18.3 Å². The van der Waals surface area contributed by atoms with E-state index in [2.05, 4.69) is 25.4 Å². The number of anilines is 1. The molecular formula is C24H22ClN5O2S. The van der Waals surface area contributed by atoms with E-state index in [9.17, 15) is 9.59 Å². The zero-order valence-corrected chi connectivity index (χ0v) is 19.7. The van der Waals surface area contributed by atoms with Crippen LogP contribution < -0.4 is 10.6 Å². The molecule has 1 aromatic heterocycles. The summed E-state index contributed by atoms with van der Waals surface area (Å²) in [5.74, 6) is -0.483. The number of para-hydroxylation sites is 1. The molecule has 2 aromatic carbocycles. The number of amidine groups is 1. The molecule has 33 heavy (non-hydrogen) atoms. The van der Waals surface area contributed by atoms with Crippen LogP contribution in [0.2, 0.25) is 5.02 Å². The molecule has 2 amide bonds. The Balaban J connectivity index is 1.40. The molecule has 0 bridgehead atoms. The van der Waals surface area contributed by atoms with Gasteiger partial charge in [0.25, 0.3) is 0 Å². The van der Waals surface area contributed by atoms with Crippen LogP contribution in [0.5, 0.6) is 0 Å². The number of halogens is 1. The molecule has 2 heterocycles. The molecule has 0 spiro atoms. The van der Waals surface area contributed by atoms with Gasteiger partial charge in [-0.1, -0.05) is 47.6 Å². The van der Waals surface area contributed by atoms with Crippen LogP contribution in [0, 0.1) is 13.8 Å². The van der Waals surface area contributed by atoms with Crippen LogP contribution in [0.4, 0.5) is 5.69 Å². The number of carbonyl (C=O) groups excluding carboxylic acids is 2. The van der Waals surface area contributed by atoms with Gasteiger partial charge in [-0.05, 0) is 50.2 Å². The minimum absolute atomic E-state index is 0.0505. The highest BCUT2D eigenvalue weighted by Gasteiger charge is 2.32. The van der Waals surface area contributed by atoms with Gasteiger partial charge >= 0.3 is 0 Å². The van der Waals surface area contributed by atoms with Crippen LogP contribution in [0.15, 0.2) is 70.9 Å². The van der Waals surface area contributed by atoms with Crippen LogP contribution in [-0.4, -0.2) is 33.0 Å². The number of amides is 2. The zero-order valence-electron chi connectivity index (χ0n) is 18.1. The maximum atomic E-state index is 12.2. The Hall–Kier alpha value is -3.36. The summed E-state index contributed by atoms with van der Waals surface area (Å²) in [4.78, 5) is 24.5. The topological polar surface area (TPSA) is 87.8 Å². The quantitative estimate of drug-likeness (QED) is 0.397. The molecule has 1 atom stereocenters. The third-order valence-electron chi connectivity index (χ3n) is 5.09. The second kappa shape index (κ2) is 10.1. The molecule has 1 aliphatic rings. The lowest BCUT2D eigenvalue weighted by Gasteiger charge is -2.09. The fourth-order valence-corrected chi connectivity index (χ4v) is 4.67. The number of carbonyl (C=O) groups is 2. The number of thioether (sulfide) groups is 1. The number of nitrogens with zero attached hydrogens (tertiary/aromatic N) is 3. The summed E-state index contributed by atoms with van der Waals surface area (Å²) in [7, 11) is 0. The number of rotatable bonds is 6. The smallest absolute Gasteiger partial charge is 0.240 e. The summed E-state index contributed by atoms with van der Waals surface area (Å²) in [5.41, 5.74) is 4.61. The van der Waals surface area contributed by atoms with Gasteiger partial charge < -0.3 is 15.2 Å². The minimum Gasteiger partial charge on any atom is -0.326 e. The highest BCUT2D eigenvalue weighted by molar-refractivity contribution is 8.15. The highest BCUT2D eigenvalue weighted by atomic mass is 35.5. The number of hydrogen-bond acceptors (Lipinski definition) is 5. The molecule has 0 saturated carbocycles. The predicted molar refractivity (Wildman–Crippen MR) is 134 cm³/mol. The molecule has 0 unspecified atom stereocenters. The Labute approximate surface area is 200 Å². The fourth-order valence-electron chi connectivity index (χ4n) is 3.56. The molecule has 0 aliphatic carbocycles. The summed E-state index contributed by atoms with van der Waals surface area (Å²) in [5, 5.41) is 14.3. The van der Waals surface area contributed by atoms with Crippen molar-refractivity contribution in [2.24, 2.45) is 10.2 Å². The first-order valence-corrected chi connectivity index (χ1v) is 11.5. The monoisotopic (exact) mass is 479 g/mol. The van der Waals surface area contributed by atoms with E-state index >= 15 is 0 Å². The van der Waals surface area contributed by atoms with Crippen molar-refractivity contribution in [1.29, 1.82) is 0 Å². The first kappa shape index (κ1) is 22.8. The molecule has 9 heteroatoms. The molecule has 1 fully saturated rings. The van der Waals surface area contributed by atoms with E-state index in [0.29, 0.717) is 15.9 Å². The average molecular weight is 480 g/mol. The van der Waals surface area contributed by atoms with Crippen LogP contribution in [-0.2, 0) is 9.59 Å². The van der Waals surface area contributed by atoms with Gasteiger partial charge in [0, 0.05) is 39.8 Å². The minimum atomic E-state index is -0.546. The third kappa shape index (κ3) is 5.53. The molecule has 0 radical (unpaired) electrons. The Morgan fingerprint density at radius 2 is 1.97 bits per heavy atom. The van der Waals surface area contributed by atoms with Crippen LogP contribution in [0.25, 0.3) is 5.69 Å². The summed E-state index contributed by atoms with van der Waals surface area (Å²) < 4.78 is 2.09. The molecule has 2 N–H and O–H groups in total. The van der Waals surface area contributed by atoms with Crippen molar-refractivity contribution in [3.8, 4) is 5.69 Å². The summed E-state index contributed by atoms with van der Waals surface area (Å²) in [6.07, 6.45) is 1.70. The first-order chi connectivity index (χ1) is 15.9. The largest absolute Gasteiger partial charge is 0.326 e. The van der Waals surface area contributed by atoms with Crippen molar-refractivity contribution in [2.75, 3.05) is 5.32 Å². The summed E-state index contributed by atoms with van der Waals surface area (Å²) >= 11 is 7.34. The number of nitrogens with one attached hydrogen (secondary N) is 2. The van der Waals surface area contributed by atoms with Gasteiger partial charge in [-0.2, -0.15) is 5.10 Å². The highest BCUT2D eigenvalue weighted by Crippen LogP contribution is 2.24. The van der Waals surface area contributed by atoms with Crippen molar-refractivity contribution in [2.45, 2.75) is 25.5 Å². The van der Waals surface area contributed by atoms with Gasteiger partial charge in [0.1, 0.15) is 5.25 Å². The number of aromatic nitrogens is 1. The maximum Gasteiger partial charge on any atom is 0.240 e. The van der Waals surface area contributed by atoms with Crippen LogP contribution >= 0.6 is 23.4 Å². The lowest BCUT2D eigenvalue weighted by atomic mass is 10.2. The van der Waals surface area contributed by atoms with Crippen molar-refractivity contribution in [3.63, 3.8) is 0 Å². The summed E-state index contributed by atoms with van der Waals surface area (Å²) in [6.45, 7) is 4.01. The van der Waals surface area contributed by atoms with E-state index in [4.69, 9.17) is 11.6 Å². The normalized spacial score (nSPS) is 17.0. The Bertz CT molecular complexity index is 1250. The molecular weight excluding hydrogens is 458 g/mol. The van der Waals surface area contributed by atoms with E-state index < -0.39 is 5.25 Å². The van der Waals surface area contributed by atoms with Gasteiger partial charge in [0.15, 0.2) is 5.17 Å². The van der Waals surface area contributed by atoms with E-state index in [1.165, 1.54) is 11.8 Å². The average Bonchev–Trinajstić information content (AvgIpc) is 3.26. The lowest BCUT2D eigenvalue weighted by Crippen LogP contribution is -2.28. The third-order valence-corrected chi connectivity index (χ3v) is 6.39. The Kier molecular flexibility index (Phi) is 6.96. The van der Waals surface area contributed by atoms with Crippen molar-refractivity contribution in [1.82, 2.24) is 9.88 Å². The predicted octanol–water partition coefficient (Wildman–Crippen LogP) is 4.70. The Morgan fingerprint density at radius 1 is 1.18 bits per heavy atom. The number of benzene rings is 2. The number of hydrogen-bond donors (Lipinski definition) is 2. The number of aryl methyl sites for hydroxylation is 1. The molecule has 7 nitrogen and oxygen atoms in total. The molecule has 1 saturated heterocycles. The van der Waals surface area contributed by atoms with Crippen LogP contribution in [0.1, 0.15) is 23.4 Å². The van der Waals surface area contributed by atoms with E-state index in [0.717, 1.165) is 22.6 Å². The summed E-state index contributed by atoms with van der Waals surface area (Å²) in [6, 6.07) is 18.8. The first-order valence-electron chi connectivity index (χ1n) is 10.3. The van der Waals surface area contributed by atoms with Gasteiger partial charge in [0.05, 0.1) is 6.21 Å². The van der Waals surface area contributed by atoms with E-state index in [-0.39, 0.29) is 18.2 Å². The standard InChI is InChI=1S/C24H22ClN5O2S/c1-15-11-17(16(2)30(15)20-10-6-7-18(25)12-20)14-26-29-24-28-23(32)21(33-24)13-22(31)27-19-8-4-3-5-9-19/h3-12,14,21H,13H2,1-2H3,(H,27,31)(H,28,29,32)/b26-14-/t21-/m0/s1. The molecule has 3 aromatic rings. The Morgan fingerprint density at radius 3 is 2.73 bits per heavy atom. The molecule has 4 rings (SSSR count). The SMILES string of the molecule is Cc1cc(/C=N\N=C2\NC(=O)[C@H](CC(=O)Nc3ccccc3)S2)c(C)n1-c1cccc(Cl)c1. The van der Waals surface area contributed by atoms with Crippen molar-refractivity contribution < 1.29 is 9.59 Å². The van der Waals surface area contributed by atoms with Crippen LogP contribution in [0.3, 0.4) is 0 Å².